The second-order valence-corrected chi connectivity index (χ2v) is 7.22. The molecule has 23 heavy (non-hydrogen) atoms. The molecule has 0 spiro atoms. The van der Waals surface area contributed by atoms with Gasteiger partial charge in [-0.3, -0.25) is 14.5 Å². The summed E-state index contributed by atoms with van der Waals surface area (Å²) in [7, 11) is 0. The molecule has 0 radical (unpaired) electrons. The van der Waals surface area contributed by atoms with Crippen molar-refractivity contribution in [2.75, 3.05) is 31.6 Å². The van der Waals surface area contributed by atoms with Gasteiger partial charge in [0.15, 0.2) is 0 Å². The first-order valence-corrected chi connectivity index (χ1v) is 9.01. The van der Waals surface area contributed by atoms with Gasteiger partial charge in [0.1, 0.15) is 5.00 Å². The molecule has 3 N–H and O–H groups in total. The van der Waals surface area contributed by atoms with Crippen LogP contribution in [0.3, 0.4) is 0 Å². The van der Waals surface area contributed by atoms with Gasteiger partial charge >= 0.3 is 0 Å². The molecule has 3 heterocycles. The number of hydrogen-bond donors (Lipinski definition) is 2. The lowest BCUT2D eigenvalue weighted by molar-refractivity contribution is -0.117. The van der Waals surface area contributed by atoms with Crippen LogP contribution in [0.15, 0.2) is 0 Å². The van der Waals surface area contributed by atoms with E-state index in [0.29, 0.717) is 36.7 Å². The number of nitrogens with zero attached hydrogens (tertiary/aromatic N) is 1. The standard InChI is InChI=1S/C16H23N3O3S/c17-15(21)14-11-5-8-22-10-12(11)23-16(14)18-13(20)9-19-6-3-1-2-4-7-19/h1-10H2,(H2,17,21)(H,18,20). The van der Waals surface area contributed by atoms with Gasteiger partial charge in [-0.05, 0) is 37.9 Å². The number of primary amides is 1. The molecule has 0 aliphatic carbocycles. The Labute approximate surface area is 140 Å². The molecule has 0 aromatic carbocycles. The summed E-state index contributed by atoms with van der Waals surface area (Å²) in [5, 5.41) is 3.48. The topological polar surface area (TPSA) is 84.7 Å². The molecule has 3 rings (SSSR count). The van der Waals surface area contributed by atoms with E-state index in [-0.39, 0.29) is 5.91 Å². The van der Waals surface area contributed by atoms with Crippen molar-refractivity contribution in [2.45, 2.75) is 38.7 Å². The quantitative estimate of drug-likeness (QED) is 0.876. The van der Waals surface area contributed by atoms with Crippen LogP contribution in [0.1, 0.15) is 46.5 Å². The van der Waals surface area contributed by atoms with Crippen LogP contribution in [-0.4, -0.2) is 43.0 Å². The van der Waals surface area contributed by atoms with Crippen molar-refractivity contribution in [1.29, 1.82) is 0 Å². The summed E-state index contributed by atoms with van der Waals surface area (Å²) in [5.41, 5.74) is 6.94. The molecule has 2 amide bonds. The van der Waals surface area contributed by atoms with Gasteiger partial charge in [-0.1, -0.05) is 12.8 Å². The minimum atomic E-state index is -0.477. The molecule has 2 aliphatic heterocycles. The van der Waals surface area contributed by atoms with Crippen LogP contribution in [0.4, 0.5) is 5.00 Å². The van der Waals surface area contributed by atoms with Crippen molar-refractivity contribution >= 4 is 28.2 Å². The van der Waals surface area contributed by atoms with E-state index in [1.165, 1.54) is 24.2 Å². The number of carbonyl (C=O) groups excluding carboxylic acids is 2. The number of nitrogens with two attached hydrogens (primary N) is 1. The summed E-state index contributed by atoms with van der Waals surface area (Å²) < 4.78 is 5.42. The van der Waals surface area contributed by atoms with Gasteiger partial charge in [0.2, 0.25) is 5.91 Å². The second kappa shape index (κ2) is 7.42. The largest absolute Gasteiger partial charge is 0.376 e. The third-order valence-electron chi connectivity index (χ3n) is 4.39. The maximum absolute atomic E-state index is 12.4. The van der Waals surface area contributed by atoms with Crippen LogP contribution in [0.25, 0.3) is 0 Å². The first kappa shape index (κ1) is 16.4. The van der Waals surface area contributed by atoms with Crippen molar-refractivity contribution in [3.05, 3.63) is 16.0 Å². The maximum atomic E-state index is 12.4. The van der Waals surface area contributed by atoms with Gasteiger partial charge in [0, 0.05) is 4.88 Å². The van der Waals surface area contributed by atoms with Crippen molar-refractivity contribution in [3.63, 3.8) is 0 Å². The van der Waals surface area contributed by atoms with Crippen LogP contribution in [0, 0.1) is 0 Å². The number of likely N-dealkylation sites (tertiary alicyclic amines) is 1. The highest BCUT2D eigenvalue weighted by Crippen LogP contribution is 2.36. The lowest BCUT2D eigenvalue weighted by atomic mass is 10.1. The molecule has 1 aromatic heterocycles. The molecular formula is C16H23N3O3S. The molecule has 126 valence electrons. The predicted octanol–water partition coefficient (Wildman–Crippen LogP) is 1.73. The van der Waals surface area contributed by atoms with Gasteiger partial charge in [0.25, 0.3) is 5.91 Å². The van der Waals surface area contributed by atoms with Gasteiger partial charge in [0.05, 0.1) is 25.3 Å². The first-order valence-electron chi connectivity index (χ1n) is 8.19. The minimum Gasteiger partial charge on any atom is -0.376 e. The molecule has 7 heteroatoms. The van der Waals surface area contributed by atoms with Crippen molar-refractivity contribution in [2.24, 2.45) is 5.73 Å². The van der Waals surface area contributed by atoms with Gasteiger partial charge < -0.3 is 15.8 Å². The molecule has 0 unspecified atom stereocenters. The van der Waals surface area contributed by atoms with Crippen LogP contribution < -0.4 is 11.1 Å². The highest BCUT2D eigenvalue weighted by molar-refractivity contribution is 7.17. The highest BCUT2D eigenvalue weighted by Gasteiger charge is 2.25. The summed E-state index contributed by atoms with van der Waals surface area (Å²) in [6, 6.07) is 0. The molecule has 0 bridgehead atoms. The van der Waals surface area contributed by atoms with E-state index in [2.05, 4.69) is 10.2 Å². The lowest BCUT2D eigenvalue weighted by Crippen LogP contribution is -2.34. The van der Waals surface area contributed by atoms with E-state index in [0.717, 1.165) is 36.4 Å². The Balaban J connectivity index is 1.70. The summed E-state index contributed by atoms with van der Waals surface area (Å²) in [5.74, 6) is -0.552. The Morgan fingerprint density at radius 3 is 2.65 bits per heavy atom. The smallest absolute Gasteiger partial charge is 0.251 e. The fourth-order valence-electron chi connectivity index (χ4n) is 3.24. The molecule has 1 aromatic rings. The number of rotatable bonds is 4. The molecule has 0 atom stereocenters. The molecule has 2 aliphatic rings. The number of amides is 2. The number of anilines is 1. The van der Waals surface area contributed by atoms with E-state index in [1.54, 1.807) is 0 Å². The SMILES string of the molecule is NC(=O)c1c(NC(=O)CN2CCCCCC2)sc2c1CCOC2. The average Bonchev–Trinajstić information content (AvgIpc) is 2.68. The van der Waals surface area contributed by atoms with Crippen molar-refractivity contribution in [1.82, 2.24) is 4.90 Å². The third-order valence-corrected chi connectivity index (χ3v) is 5.51. The Morgan fingerprint density at radius 2 is 1.96 bits per heavy atom. The number of hydrogen-bond acceptors (Lipinski definition) is 5. The number of nitrogens with one attached hydrogen (secondary N) is 1. The van der Waals surface area contributed by atoms with Gasteiger partial charge in [-0.15, -0.1) is 11.3 Å². The number of fused-ring (bicyclic) bond motifs is 1. The van der Waals surface area contributed by atoms with E-state index >= 15 is 0 Å². The fourth-order valence-corrected chi connectivity index (χ4v) is 4.45. The lowest BCUT2D eigenvalue weighted by Gasteiger charge is -2.18. The first-order chi connectivity index (χ1) is 11.1. The Kier molecular flexibility index (Phi) is 5.30. The Bertz CT molecular complexity index is 592. The maximum Gasteiger partial charge on any atom is 0.251 e. The van der Waals surface area contributed by atoms with E-state index < -0.39 is 5.91 Å². The minimum absolute atomic E-state index is 0.0751. The summed E-state index contributed by atoms with van der Waals surface area (Å²) in [6.45, 7) is 3.38. The number of thiophene rings is 1. The van der Waals surface area contributed by atoms with E-state index in [9.17, 15) is 9.59 Å². The predicted molar refractivity (Wildman–Crippen MR) is 89.7 cm³/mol. The zero-order valence-electron chi connectivity index (χ0n) is 13.2. The molecule has 6 nitrogen and oxygen atoms in total. The van der Waals surface area contributed by atoms with Crippen LogP contribution in [-0.2, 0) is 22.6 Å². The molecule has 1 saturated heterocycles. The van der Waals surface area contributed by atoms with Crippen LogP contribution in [0.5, 0.6) is 0 Å². The third kappa shape index (κ3) is 3.91. The average molecular weight is 337 g/mol. The number of ether oxygens (including phenoxy) is 1. The monoisotopic (exact) mass is 337 g/mol. The second-order valence-electron chi connectivity index (χ2n) is 6.11. The summed E-state index contributed by atoms with van der Waals surface area (Å²) in [4.78, 5) is 27.3. The van der Waals surface area contributed by atoms with Gasteiger partial charge in [-0.25, -0.2) is 0 Å². The van der Waals surface area contributed by atoms with Gasteiger partial charge in [-0.2, -0.15) is 0 Å². The molecule has 0 saturated carbocycles. The van der Waals surface area contributed by atoms with E-state index in [1.807, 2.05) is 0 Å². The molecular weight excluding hydrogens is 314 g/mol. The zero-order chi connectivity index (χ0) is 16.2. The van der Waals surface area contributed by atoms with Crippen LogP contribution >= 0.6 is 11.3 Å². The molecule has 1 fully saturated rings. The van der Waals surface area contributed by atoms with Crippen molar-refractivity contribution < 1.29 is 14.3 Å². The normalized spacial score (nSPS) is 19.0. The summed E-state index contributed by atoms with van der Waals surface area (Å²) in [6.07, 6.45) is 5.43. The zero-order valence-corrected chi connectivity index (χ0v) is 14.0. The summed E-state index contributed by atoms with van der Waals surface area (Å²) >= 11 is 1.41. The Hall–Kier alpha value is -1.44. The Morgan fingerprint density at radius 1 is 1.22 bits per heavy atom. The van der Waals surface area contributed by atoms with Crippen molar-refractivity contribution in [3.8, 4) is 0 Å². The van der Waals surface area contributed by atoms with E-state index in [4.69, 9.17) is 10.5 Å². The number of carbonyl (C=O) groups is 2. The fraction of sp³-hybridized carbons (Fsp3) is 0.625. The highest BCUT2D eigenvalue weighted by atomic mass is 32.1. The van der Waals surface area contributed by atoms with Crippen LogP contribution in [0.2, 0.25) is 0 Å².